The maximum Gasteiger partial charge on any atom is 0.138 e. The first-order valence-electron chi connectivity index (χ1n) is 7.26. The monoisotopic (exact) mass is 479 g/mol. The Morgan fingerprint density at radius 1 is 1.09 bits per heavy atom. The molecule has 0 unspecified atom stereocenters. The normalized spacial score (nSPS) is 10.8. The molecule has 124 valence electrons. The van der Waals surface area contributed by atoms with Crippen molar-refractivity contribution in [2.75, 3.05) is 13.2 Å². The molecule has 6 heteroatoms. The average molecular weight is 482 g/mol. The topological polar surface area (TPSA) is 21.3 Å². The molecule has 0 fully saturated rings. The summed E-state index contributed by atoms with van der Waals surface area (Å²) in [5, 5.41) is 4.80. The van der Waals surface area contributed by atoms with E-state index in [9.17, 15) is 0 Å². The molecule has 2 rings (SSSR count). The van der Waals surface area contributed by atoms with Crippen molar-refractivity contribution in [3.05, 3.63) is 60.4 Å². The minimum absolute atomic E-state index is 0.633. The molecule has 23 heavy (non-hydrogen) atoms. The Labute approximate surface area is 163 Å². The van der Waals surface area contributed by atoms with Gasteiger partial charge in [0.2, 0.25) is 0 Å². The van der Waals surface area contributed by atoms with Gasteiger partial charge in [0, 0.05) is 26.6 Å². The molecule has 2 aromatic carbocycles. The van der Waals surface area contributed by atoms with Gasteiger partial charge in [-0.3, -0.25) is 0 Å². The highest BCUT2D eigenvalue weighted by Gasteiger charge is 2.10. The fourth-order valence-electron chi connectivity index (χ4n) is 2.22. The van der Waals surface area contributed by atoms with Crippen LogP contribution in [0, 0.1) is 0 Å². The third-order valence-corrected chi connectivity index (χ3v) is 4.91. The predicted molar refractivity (Wildman–Crippen MR) is 105 cm³/mol. The van der Waals surface area contributed by atoms with Crippen molar-refractivity contribution < 1.29 is 4.74 Å². The van der Waals surface area contributed by atoms with Crippen LogP contribution in [-0.4, -0.2) is 13.2 Å². The predicted octanol–water partition coefficient (Wildman–Crippen LogP) is 6.25. The quantitative estimate of drug-likeness (QED) is 0.472. The van der Waals surface area contributed by atoms with Crippen molar-refractivity contribution in [2.45, 2.75) is 19.9 Å². The van der Waals surface area contributed by atoms with Crippen LogP contribution in [0.1, 0.15) is 18.1 Å². The van der Waals surface area contributed by atoms with E-state index in [1.54, 1.807) is 6.07 Å². The van der Waals surface area contributed by atoms with Crippen LogP contribution in [-0.2, 0) is 13.0 Å². The molecule has 0 saturated heterocycles. The minimum atomic E-state index is 0.633. The smallest absolute Gasteiger partial charge is 0.138 e. The van der Waals surface area contributed by atoms with Gasteiger partial charge in [0.25, 0.3) is 0 Å². The lowest BCUT2D eigenvalue weighted by molar-refractivity contribution is 0.333. The van der Waals surface area contributed by atoms with Gasteiger partial charge in [-0.05, 0) is 65.6 Å². The van der Waals surface area contributed by atoms with Crippen LogP contribution < -0.4 is 10.1 Å². The number of hydrogen-bond acceptors (Lipinski definition) is 2. The number of nitrogens with one attached hydrogen (secondary N) is 1. The zero-order valence-electron chi connectivity index (χ0n) is 12.6. The van der Waals surface area contributed by atoms with Gasteiger partial charge < -0.3 is 10.1 Å². The lowest BCUT2D eigenvalue weighted by Gasteiger charge is -2.14. The zero-order chi connectivity index (χ0) is 16.8. The first kappa shape index (κ1) is 19.1. The van der Waals surface area contributed by atoms with Crippen LogP contribution in [0.5, 0.6) is 5.75 Å². The fourth-order valence-corrected chi connectivity index (χ4v) is 4.15. The Morgan fingerprint density at radius 3 is 2.57 bits per heavy atom. The molecule has 0 bridgehead atoms. The molecule has 0 aliphatic carbocycles. The molecule has 0 radical (unpaired) electrons. The van der Waals surface area contributed by atoms with Crippen LogP contribution in [0.25, 0.3) is 0 Å². The molecular weight excluding hydrogens is 465 g/mol. The molecule has 0 aliphatic heterocycles. The second-order valence-corrected chi connectivity index (χ2v) is 7.59. The Bertz CT molecular complexity index is 680. The molecule has 0 aromatic heterocycles. The van der Waals surface area contributed by atoms with Crippen LogP contribution in [0.15, 0.2) is 39.3 Å². The molecule has 0 aliphatic rings. The number of benzene rings is 2. The van der Waals surface area contributed by atoms with E-state index < -0.39 is 0 Å². The summed E-state index contributed by atoms with van der Waals surface area (Å²) in [5.74, 6) is 0.882. The largest absolute Gasteiger partial charge is 0.492 e. The Morgan fingerprint density at radius 2 is 1.87 bits per heavy atom. The van der Waals surface area contributed by atoms with Crippen LogP contribution in [0.3, 0.4) is 0 Å². The highest BCUT2D eigenvalue weighted by molar-refractivity contribution is 9.11. The standard InChI is InChI=1S/C17H17Br2Cl2NO/c1-2-23-17-12(7-13(18)8-15(17)19)10-22-6-5-11-3-4-14(20)9-16(11)21/h3-4,7-9,22H,2,5-6,10H2,1H3. The molecule has 2 nitrogen and oxygen atoms in total. The van der Waals surface area contributed by atoms with Crippen molar-refractivity contribution in [1.29, 1.82) is 0 Å². The second kappa shape index (κ2) is 9.28. The van der Waals surface area contributed by atoms with Crippen LogP contribution in [0.4, 0.5) is 0 Å². The van der Waals surface area contributed by atoms with Gasteiger partial charge in [-0.25, -0.2) is 0 Å². The van der Waals surface area contributed by atoms with E-state index in [0.717, 1.165) is 45.3 Å². The van der Waals surface area contributed by atoms with Gasteiger partial charge in [0.15, 0.2) is 0 Å². The molecule has 0 atom stereocenters. The molecule has 0 amide bonds. The molecule has 0 spiro atoms. The summed E-state index contributed by atoms with van der Waals surface area (Å²) in [4.78, 5) is 0. The Balaban J connectivity index is 1.96. The molecular formula is C17H17Br2Cl2NO. The van der Waals surface area contributed by atoms with Crippen molar-refractivity contribution in [1.82, 2.24) is 5.32 Å². The maximum absolute atomic E-state index is 6.19. The van der Waals surface area contributed by atoms with Crippen LogP contribution >= 0.6 is 55.1 Å². The van der Waals surface area contributed by atoms with E-state index >= 15 is 0 Å². The summed E-state index contributed by atoms with van der Waals surface area (Å²) in [5.41, 5.74) is 2.19. The molecule has 0 heterocycles. The number of ether oxygens (including phenoxy) is 1. The summed E-state index contributed by atoms with van der Waals surface area (Å²) in [7, 11) is 0. The maximum atomic E-state index is 6.19. The van der Waals surface area contributed by atoms with Gasteiger partial charge in [0.05, 0.1) is 11.1 Å². The third kappa shape index (κ3) is 5.64. The highest BCUT2D eigenvalue weighted by Crippen LogP contribution is 2.33. The van der Waals surface area contributed by atoms with E-state index in [1.807, 2.05) is 25.1 Å². The van der Waals surface area contributed by atoms with E-state index in [-0.39, 0.29) is 0 Å². The van der Waals surface area contributed by atoms with Crippen LogP contribution in [0.2, 0.25) is 10.0 Å². The van der Waals surface area contributed by atoms with Gasteiger partial charge >= 0.3 is 0 Å². The van der Waals surface area contributed by atoms with E-state index in [4.69, 9.17) is 27.9 Å². The first-order chi connectivity index (χ1) is 11.0. The van der Waals surface area contributed by atoms with Gasteiger partial charge in [0.1, 0.15) is 5.75 Å². The van der Waals surface area contributed by atoms with Gasteiger partial charge in [-0.2, -0.15) is 0 Å². The third-order valence-electron chi connectivity index (χ3n) is 3.28. The number of rotatable bonds is 7. The number of halogens is 4. The number of hydrogen-bond donors (Lipinski definition) is 1. The summed E-state index contributed by atoms with van der Waals surface area (Å²) >= 11 is 19.2. The first-order valence-corrected chi connectivity index (χ1v) is 9.60. The summed E-state index contributed by atoms with van der Waals surface area (Å²) in [6.07, 6.45) is 0.842. The van der Waals surface area contributed by atoms with Crippen molar-refractivity contribution in [3.8, 4) is 5.75 Å². The Hall–Kier alpha value is -0.260. The van der Waals surface area contributed by atoms with Gasteiger partial charge in [-0.1, -0.05) is 45.2 Å². The van der Waals surface area contributed by atoms with E-state index in [2.05, 4.69) is 43.2 Å². The Kier molecular flexibility index (Phi) is 7.70. The highest BCUT2D eigenvalue weighted by atomic mass is 79.9. The van der Waals surface area contributed by atoms with Crippen molar-refractivity contribution >= 4 is 55.1 Å². The van der Waals surface area contributed by atoms with Crippen molar-refractivity contribution in [2.24, 2.45) is 0 Å². The van der Waals surface area contributed by atoms with E-state index in [1.165, 1.54) is 0 Å². The molecule has 2 aromatic rings. The fraction of sp³-hybridized carbons (Fsp3) is 0.294. The lowest BCUT2D eigenvalue weighted by Crippen LogP contribution is -2.17. The second-order valence-electron chi connectivity index (χ2n) is 4.97. The van der Waals surface area contributed by atoms with E-state index in [0.29, 0.717) is 16.7 Å². The lowest BCUT2D eigenvalue weighted by atomic mass is 10.1. The molecule has 1 N–H and O–H groups in total. The van der Waals surface area contributed by atoms with Crippen molar-refractivity contribution in [3.63, 3.8) is 0 Å². The summed E-state index contributed by atoms with van der Waals surface area (Å²) in [6.45, 7) is 4.15. The summed E-state index contributed by atoms with van der Waals surface area (Å²) in [6, 6.07) is 9.66. The SMILES string of the molecule is CCOc1c(Br)cc(Br)cc1CNCCc1ccc(Cl)cc1Cl. The van der Waals surface area contributed by atoms with Gasteiger partial charge in [-0.15, -0.1) is 0 Å². The summed E-state index contributed by atoms with van der Waals surface area (Å²) < 4.78 is 7.70. The molecule has 0 saturated carbocycles. The zero-order valence-corrected chi connectivity index (χ0v) is 17.3. The minimum Gasteiger partial charge on any atom is -0.492 e. The average Bonchev–Trinajstić information content (AvgIpc) is 2.48.